The van der Waals surface area contributed by atoms with Crippen molar-refractivity contribution < 1.29 is 33.3 Å². The summed E-state index contributed by atoms with van der Waals surface area (Å²) in [6.45, 7) is 9.91. The highest BCUT2D eigenvalue weighted by Gasteiger charge is 2.46. The van der Waals surface area contributed by atoms with Crippen molar-refractivity contribution >= 4 is 18.0 Å². The lowest BCUT2D eigenvalue weighted by atomic mass is 10.0. The Morgan fingerprint density at radius 1 is 0.923 bits per heavy atom. The van der Waals surface area contributed by atoms with Crippen LogP contribution in [-0.4, -0.2) is 54.1 Å². The molecule has 1 aliphatic rings. The van der Waals surface area contributed by atoms with Gasteiger partial charge in [0.2, 0.25) is 5.79 Å². The maximum absolute atomic E-state index is 12.7. The van der Waals surface area contributed by atoms with Gasteiger partial charge in [0.15, 0.2) is 5.78 Å². The van der Waals surface area contributed by atoms with Crippen LogP contribution in [-0.2, 0) is 23.7 Å². The third kappa shape index (κ3) is 5.40. The number of amides is 2. The highest BCUT2D eigenvalue weighted by Crippen LogP contribution is 2.32. The van der Waals surface area contributed by atoms with Crippen molar-refractivity contribution in [2.24, 2.45) is 0 Å². The minimum Gasteiger partial charge on any atom is -0.443 e. The zero-order valence-electron chi connectivity index (χ0n) is 16.5. The topological polar surface area (TPSA) is 91.4 Å². The Morgan fingerprint density at radius 2 is 1.35 bits per heavy atom. The number of methoxy groups -OCH3 is 2. The van der Waals surface area contributed by atoms with Crippen molar-refractivity contribution in [1.29, 1.82) is 0 Å². The Kier molecular flexibility index (Phi) is 6.38. The second-order valence-corrected chi connectivity index (χ2v) is 7.64. The summed E-state index contributed by atoms with van der Waals surface area (Å²) in [5, 5.41) is 0. The minimum absolute atomic E-state index is 0.154. The van der Waals surface area contributed by atoms with Gasteiger partial charge in [-0.25, -0.2) is 9.59 Å². The van der Waals surface area contributed by atoms with E-state index in [-0.39, 0.29) is 5.70 Å². The second kappa shape index (κ2) is 7.59. The van der Waals surface area contributed by atoms with Gasteiger partial charge in [0, 0.05) is 20.3 Å². The van der Waals surface area contributed by atoms with Crippen LogP contribution < -0.4 is 0 Å². The molecule has 0 atom stereocenters. The highest BCUT2D eigenvalue weighted by molar-refractivity contribution is 6.03. The summed E-state index contributed by atoms with van der Waals surface area (Å²) < 4.78 is 21.3. The number of carbonyl (C=O) groups is 3. The van der Waals surface area contributed by atoms with Crippen molar-refractivity contribution in [1.82, 2.24) is 4.90 Å². The fourth-order valence-electron chi connectivity index (χ4n) is 2.10. The summed E-state index contributed by atoms with van der Waals surface area (Å²) in [7, 11) is 2.64. The lowest BCUT2D eigenvalue weighted by Gasteiger charge is -2.37. The van der Waals surface area contributed by atoms with E-state index in [2.05, 4.69) is 0 Å². The third-order valence-corrected chi connectivity index (χ3v) is 3.10. The summed E-state index contributed by atoms with van der Waals surface area (Å²) in [6, 6.07) is 0. The van der Waals surface area contributed by atoms with Crippen LogP contribution in [0.15, 0.2) is 23.9 Å². The van der Waals surface area contributed by atoms with Gasteiger partial charge in [0.1, 0.15) is 16.9 Å². The van der Waals surface area contributed by atoms with Gasteiger partial charge in [-0.3, -0.25) is 4.79 Å². The summed E-state index contributed by atoms with van der Waals surface area (Å²) >= 11 is 0. The van der Waals surface area contributed by atoms with Crippen molar-refractivity contribution in [3.63, 3.8) is 0 Å². The molecule has 1 rings (SSSR count). The molecule has 0 aromatic rings. The Morgan fingerprint density at radius 3 is 1.69 bits per heavy atom. The average molecular weight is 369 g/mol. The largest absolute Gasteiger partial charge is 0.443 e. The van der Waals surface area contributed by atoms with Gasteiger partial charge in [-0.1, -0.05) is 0 Å². The molecule has 0 aromatic heterocycles. The van der Waals surface area contributed by atoms with Crippen LogP contribution in [0.3, 0.4) is 0 Å². The molecule has 0 bridgehead atoms. The number of ether oxygens (including phenoxy) is 4. The normalized spacial score (nSPS) is 16.8. The predicted molar refractivity (Wildman–Crippen MR) is 93.3 cm³/mol. The van der Waals surface area contributed by atoms with Gasteiger partial charge in [-0.2, -0.15) is 4.90 Å². The lowest BCUT2D eigenvalue weighted by molar-refractivity contribution is -0.155. The molecule has 0 aromatic carbocycles. The van der Waals surface area contributed by atoms with E-state index < -0.39 is 35.0 Å². The number of allylic oxidation sites excluding steroid dienone is 2. The van der Waals surface area contributed by atoms with E-state index in [0.29, 0.717) is 4.90 Å². The standard InChI is InChI=1S/C18H27NO7/c1-16(2,3)25-14(21)19(15(22)26-17(4,5)6)13-11-12(20)9-10-18(13,23-7)24-8/h9-11H,1-8H3. The number of rotatable bonds is 3. The van der Waals surface area contributed by atoms with Crippen LogP contribution in [0.2, 0.25) is 0 Å². The molecule has 0 heterocycles. The minimum atomic E-state index is -1.62. The van der Waals surface area contributed by atoms with Crippen molar-refractivity contribution in [3.8, 4) is 0 Å². The number of imide groups is 1. The molecule has 146 valence electrons. The monoisotopic (exact) mass is 369 g/mol. The number of hydrogen-bond donors (Lipinski definition) is 0. The zero-order chi connectivity index (χ0) is 20.3. The quantitative estimate of drug-likeness (QED) is 0.706. The number of carbonyl (C=O) groups excluding carboxylic acids is 3. The number of hydrogen-bond acceptors (Lipinski definition) is 7. The molecule has 0 radical (unpaired) electrons. The van der Waals surface area contributed by atoms with Crippen LogP contribution in [0.1, 0.15) is 41.5 Å². The SMILES string of the molecule is COC1(OC)C=CC(=O)C=C1N(C(=O)OC(C)(C)C)C(=O)OC(C)(C)C. The van der Waals surface area contributed by atoms with Crippen molar-refractivity contribution in [2.75, 3.05) is 14.2 Å². The zero-order valence-corrected chi connectivity index (χ0v) is 16.5. The molecular weight excluding hydrogens is 342 g/mol. The van der Waals surface area contributed by atoms with Crippen LogP contribution in [0.5, 0.6) is 0 Å². The van der Waals surface area contributed by atoms with Crippen LogP contribution in [0.4, 0.5) is 9.59 Å². The van der Waals surface area contributed by atoms with E-state index in [0.717, 1.165) is 6.08 Å². The molecule has 26 heavy (non-hydrogen) atoms. The molecular formula is C18H27NO7. The molecule has 0 N–H and O–H groups in total. The molecule has 0 saturated heterocycles. The summed E-state index contributed by atoms with van der Waals surface area (Å²) in [6.07, 6.45) is 1.57. The first-order valence-corrected chi connectivity index (χ1v) is 8.06. The Hall–Kier alpha value is -2.19. The third-order valence-electron chi connectivity index (χ3n) is 3.10. The molecule has 0 aliphatic heterocycles. The summed E-state index contributed by atoms with van der Waals surface area (Å²) in [5.74, 6) is -2.07. The predicted octanol–water partition coefficient (Wildman–Crippen LogP) is 3.17. The van der Waals surface area contributed by atoms with E-state index in [4.69, 9.17) is 18.9 Å². The second-order valence-electron chi connectivity index (χ2n) is 7.64. The smallest absolute Gasteiger partial charge is 0.424 e. The van der Waals surface area contributed by atoms with Gasteiger partial charge in [-0.05, 0) is 53.7 Å². The fourth-order valence-corrected chi connectivity index (χ4v) is 2.10. The molecule has 2 amide bonds. The first-order valence-electron chi connectivity index (χ1n) is 8.06. The first kappa shape index (κ1) is 21.9. The van der Waals surface area contributed by atoms with Gasteiger partial charge >= 0.3 is 12.2 Å². The maximum Gasteiger partial charge on any atom is 0.424 e. The molecule has 0 spiro atoms. The lowest BCUT2D eigenvalue weighted by Crippen LogP contribution is -2.51. The van der Waals surface area contributed by atoms with Crippen molar-refractivity contribution in [2.45, 2.75) is 58.5 Å². The van der Waals surface area contributed by atoms with E-state index in [1.54, 1.807) is 41.5 Å². The van der Waals surface area contributed by atoms with E-state index in [1.165, 1.54) is 26.4 Å². The highest BCUT2D eigenvalue weighted by atomic mass is 16.7. The van der Waals surface area contributed by atoms with Crippen LogP contribution in [0, 0.1) is 0 Å². The van der Waals surface area contributed by atoms with Crippen molar-refractivity contribution in [3.05, 3.63) is 23.9 Å². The summed E-state index contributed by atoms with van der Waals surface area (Å²) in [5.41, 5.74) is -1.91. The van der Waals surface area contributed by atoms with Gasteiger partial charge in [0.25, 0.3) is 0 Å². The Balaban J connectivity index is 3.44. The van der Waals surface area contributed by atoms with Crippen LogP contribution in [0.25, 0.3) is 0 Å². The molecule has 8 heteroatoms. The van der Waals surface area contributed by atoms with Gasteiger partial charge in [0.05, 0.1) is 0 Å². The average Bonchev–Trinajstić information content (AvgIpc) is 2.44. The first-order chi connectivity index (χ1) is 11.7. The van der Waals surface area contributed by atoms with Gasteiger partial charge < -0.3 is 18.9 Å². The molecule has 0 saturated carbocycles. The molecule has 0 fully saturated rings. The van der Waals surface area contributed by atoms with Gasteiger partial charge in [-0.15, -0.1) is 0 Å². The fraction of sp³-hybridized carbons (Fsp3) is 0.611. The Labute approximate surface area is 153 Å². The van der Waals surface area contributed by atoms with Crippen LogP contribution >= 0.6 is 0 Å². The molecule has 0 unspecified atom stereocenters. The molecule has 1 aliphatic carbocycles. The number of nitrogens with zero attached hydrogens (tertiary/aromatic N) is 1. The van der Waals surface area contributed by atoms with E-state index in [9.17, 15) is 14.4 Å². The number of ketones is 1. The summed E-state index contributed by atoms with van der Waals surface area (Å²) in [4.78, 5) is 38.0. The Bertz CT molecular complexity index is 603. The van der Waals surface area contributed by atoms with E-state index >= 15 is 0 Å². The van der Waals surface area contributed by atoms with E-state index in [1.807, 2.05) is 0 Å². The molecule has 8 nitrogen and oxygen atoms in total. The maximum atomic E-state index is 12.7.